The second-order valence-corrected chi connectivity index (χ2v) is 4.76. The van der Waals surface area contributed by atoms with Gasteiger partial charge in [0.2, 0.25) is 0 Å². The maximum absolute atomic E-state index is 10.5. The highest BCUT2D eigenvalue weighted by Gasteiger charge is 2.18. The lowest BCUT2D eigenvalue weighted by molar-refractivity contribution is 0.218. The number of nitrogens with zero attached hydrogens (tertiary/aromatic N) is 2. The van der Waals surface area contributed by atoms with Crippen molar-refractivity contribution in [1.82, 2.24) is 9.78 Å². The van der Waals surface area contributed by atoms with Crippen molar-refractivity contribution in [1.29, 1.82) is 0 Å². The summed E-state index contributed by atoms with van der Waals surface area (Å²) in [6.45, 7) is 2.01. The quantitative estimate of drug-likeness (QED) is 0.937. The summed E-state index contributed by atoms with van der Waals surface area (Å²) in [6, 6.07) is 5.27. The van der Waals surface area contributed by atoms with Crippen molar-refractivity contribution in [3.8, 4) is 5.75 Å². The largest absolute Gasteiger partial charge is 0.495 e. The molecule has 0 saturated heterocycles. The molecule has 1 atom stereocenters. The van der Waals surface area contributed by atoms with Gasteiger partial charge in [-0.15, -0.1) is 0 Å². The smallest absolute Gasteiger partial charge is 0.137 e. The van der Waals surface area contributed by atoms with Crippen LogP contribution in [0.2, 0.25) is 5.02 Å². The fourth-order valence-corrected chi connectivity index (χ4v) is 2.28. The predicted molar refractivity (Wildman–Crippen MR) is 74.7 cm³/mol. The van der Waals surface area contributed by atoms with E-state index in [0.29, 0.717) is 10.8 Å². The molecule has 1 unspecified atom stereocenters. The molecule has 0 aliphatic carbocycles. The van der Waals surface area contributed by atoms with Gasteiger partial charge in [-0.2, -0.15) is 5.10 Å². The molecule has 1 N–H and O–H groups in total. The highest BCUT2D eigenvalue weighted by molar-refractivity contribution is 6.32. The topological polar surface area (TPSA) is 47.3 Å². The van der Waals surface area contributed by atoms with Crippen LogP contribution in [0.4, 0.5) is 0 Å². The third kappa shape index (κ3) is 2.74. The zero-order chi connectivity index (χ0) is 14.0. The third-order valence-electron chi connectivity index (χ3n) is 3.06. The normalized spacial score (nSPS) is 12.5. The van der Waals surface area contributed by atoms with E-state index in [1.165, 1.54) is 0 Å². The second-order valence-electron chi connectivity index (χ2n) is 4.35. The number of rotatable bonds is 4. The number of aliphatic hydroxyl groups is 1. The van der Waals surface area contributed by atoms with Gasteiger partial charge >= 0.3 is 0 Å². The molecule has 0 fully saturated rings. The number of hydrogen-bond donors (Lipinski definition) is 1. The van der Waals surface area contributed by atoms with E-state index in [4.69, 9.17) is 16.3 Å². The molecule has 0 aliphatic heterocycles. The summed E-state index contributed by atoms with van der Waals surface area (Å²) in [6.07, 6.45) is 1.89. The first kappa shape index (κ1) is 13.9. The van der Waals surface area contributed by atoms with E-state index in [1.807, 2.05) is 20.2 Å². The Kier molecular flexibility index (Phi) is 4.12. The van der Waals surface area contributed by atoms with Crippen LogP contribution in [0.5, 0.6) is 5.75 Å². The van der Waals surface area contributed by atoms with Crippen molar-refractivity contribution >= 4 is 11.6 Å². The molecule has 1 aromatic heterocycles. The Hall–Kier alpha value is -1.52. The minimum atomic E-state index is -0.727. The zero-order valence-electron chi connectivity index (χ0n) is 11.2. The Morgan fingerprint density at radius 3 is 2.84 bits per heavy atom. The van der Waals surface area contributed by atoms with Gasteiger partial charge in [0, 0.05) is 18.8 Å². The lowest BCUT2D eigenvalue weighted by atomic mass is 10.0. The molecular formula is C14H17ClN2O2. The number of hydrogen-bond acceptors (Lipinski definition) is 3. The molecule has 0 radical (unpaired) electrons. The van der Waals surface area contributed by atoms with Crippen molar-refractivity contribution < 1.29 is 9.84 Å². The number of ether oxygens (including phenoxy) is 1. The summed E-state index contributed by atoms with van der Waals surface area (Å²) in [7, 11) is 3.40. The van der Waals surface area contributed by atoms with Crippen LogP contribution in [0, 0.1) is 0 Å². The van der Waals surface area contributed by atoms with Crippen LogP contribution in [0.3, 0.4) is 0 Å². The minimum absolute atomic E-state index is 0.528. The van der Waals surface area contributed by atoms with Crippen LogP contribution in [0.1, 0.15) is 29.8 Å². The highest BCUT2D eigenvalue weighted by Crippen LogP contribution is 2.31. The van der Waals surface area contributed by atoms with E-state index in [0.717, 1.165) is 23.2 Å². The van der Waals surface area contributed by atoms with Gasteiger partial charge in [0.05, 0.1) is 17.8 Å². The number of methoxy groups -OCH3 is 1. The number of halogens is 1. The third-order valence-corrected chi connectivity index (χ3v) is 3.37. The average Bonchev–Trinajstić information content (AvgIpc) is 2.79. The molecule has 0 saturated carbocycles. The summed E-state index contributed by atoms with van der Waals surface area (Å²) in [4.78, 5) is 0. The van der Waals surface area contributed by atoms with Crippen molar-refractivity contribution in [3.63, 3.8) is 0 Å². The monoisotopic (exact) mass is 280 g/mol. The van der Waals surface area contributed by atoms with Crippen LogP contribution in [0.25, 0.3) is 0 Å². The van der Waals surface area contributed by atoms with Crippen LogP contribution in [-0.4, -0.2) is 22.0 Å². The molecular weight excluding hydrogens is 264 g/mol. The summed E-state index contributed by atoms with van der Waals surface area (Å²) in [5.41, 5.74) is 2.45. The summed E-state index contributed by atoms with van der Waals surface area (Å²) in [5.74, 6) is 0.556. The molecule has 102 valence electrons. The number of benzene rings is 1. The number of aromatic nitrogens is 2. The second kappa shape index (κ2) is 5.63. The molecule has 0 amide bonds. The first-order valence-corrected chi connectivity index (χ1v) is 6.48. The lowest BCUT2D eigenvalue weighted by Gasteiger charge is -2.12. The van der Waals surface area contributed by atoms with Gasteiger partial charge in [-0.1, -0.05) is 24.6 Å². The molecule has 1 heterocycles. The van der Waals surface area contributed by atoms with Gasteiger partial charge < -0.3 is 9.84 Å². The molecule has 1 aromatic carbocycles. The van der Waals surface area contributed by atoms with Crippen LogP contribution >= 0.6 is 11.6 Å². The Morgan fingerprint density at radius 1 is 1.47 bits per heavy atom. The maximum Gasteiger partial charge on any atom is 0.137 e. The predicted octanol–water partition coefficient (Wildman–Crippen LogP) is 2.73. The Balaban J connectivity index is 2.40. The van der Waals surface area contributed by atoms with Gasteiger partial charge in [-0.05, 0) is 24.1 Å². The number of aryl methyl sites for hydroxylation is 2. The maximum atomic E-state index is 10.5. The SMILES string of the molecule is CCc1nn(C)cc1C(O)c1ccc(Cl)c(OC)c1. The van der Waals surface area contributed by atoms with Crippen LogP contribution in [0.15, 0.2) is 24.4 Å². The first-order valence-electron chi connectivity index (χ1n) is 6.10. The Labute approximate surface area is 117 Å². The van der Waals surface area contributed by atoms with Crippen LogP contribution in [-0.2, 0) is 13.5 Å². The van der Waals surface area contributed by atoms with Crippen molar-refractivity contribution in [3.05, 3.63) is 46.2 Å². The minimum Gasteiger partial charge on any atom is -0.495 e. The number of aliphatic hydroxyl groups excluding tert-OH is 1. The molecule has 0 aliphatic rings. The fourth-order valence-electron chi connectivity index (χ4n) is 2.08. The lowest BCUT2D eigenvalue weighted by Crippen LogP contribution is -2.02. The summed E-state index contributed by atoms with van der Waals surface area (Å²) >= 11 is 5.99. The van der Waals surface area contributed by atoms with Gasteiger partial charge in [0.25, 0.3) is 0 Å². The van der Waals surface area contributed by atoms with E-state index in [-0.39, 0.29) is 0 Å². The van der Waals surface area contributed by atoms with Crippen LogP contribution < -0.4 is 4.74 Å². The van der Waals surface area contributed by atoms with Gasteiger partial charge in [-0.3, -0.25) is 4.68 Å². The average molecular weight is 281 g/mol. The molecule has 19 heavy (non-hydrogen) atoms. The van der Waals surface area contributed by atoms with E-state index < -0.39 is 6.10 Å². The zero-order valence-corrected chi connectivity index (χ0v) is 12.0. The molecule has 0 bridgehead atoms. The van der Waals surface area contributed by atoms with E-state index in [2.05, 4.69) is 5.10 Å². The van der Waals surface area contributed by atoms with E-state index in [9.17, 15) is 5.11 Å². The first-order chi connectivity index (χ1) is 9.06. The molecule has 4 nitrogen and oxygen atoms in total. The molecule has 5 heteroatoms. The van der Waals surface area contributed by atoms with Gasteiger partial charge in [0.15, 0.2) is 0 Å². The highest BCUT2D eigenvalue weighted by atomic mass is 35.5. The van der Waals surface area contributed by atoms with Gasteiger partial charge in [0.1, 0.15) is 11.9 Å². The van der Waals surface area contributed by atoms with Crippen molar-refractivity contribution in [2.24, 2.45) is 7.05 Å². The van der Waals surface area contributed by atoms with E-state index >= 15 is 0 Å². The Morgan fingerprint density at radius 2 is 2.21 bits per heavy atom. The van der Waals surface area contributed by atoms with Crippen molar-refractivity contribution in [2.75, 3.05) is 7.11 Å². The summed E-state index contributed by atoms with van der Waals surface area (Å²) < 4.78 is 6.88. The molecule has 2 rings (SSSR count). The van der Waals surface area contributed by atoms with Crippen molar-refractivity contribution in [2.45, 2.75) is 19.4 Å². The molecule has 0 spiro atoms. The molecule has 2 aromatic rings. The van der Waals surface area contributed by atoms with E-state index in [1.54, 1.807) is 30.0 Å². The standard InChI is InChI=1S/C14H17ClN2O2/c1-4-12-10(8-17(2)16-12)14(18)9-5-6-11(15)13(7-9)19-3/h5-8,14,18H,4H2,1-3H3. The fraction of sp³-hybridized carbons (Fsp3) is 0.357. The van der Waals surface area contributed by atoms with Gasteiger partial charge in [-0.25, -0.2) is 0 Å². The summed E-state index contributed by atoms with van der Waals surface area (Å²) in [5, 5.41) is 15.3. The Bertz CT molecular complexity index is 581.